The van der Waals surface area contributed by atoms with Gasteiger partial charge in [-0.2, -0.15) is 0 Å². The Hall–Kier alpha value is -2.34. The summed E-state index contributed by atoms with van der Waals surface area (Å²) in [5.41, 5.74) is 0.0591. The summed E-state index contributed by atoms with van der Waals surface area (Å²) >= 11 is 0. The van der Waals surface area contributed by atoms with E-state index in [4.69, 9.17) is 0 Å². The summed E-state index contributed by atoms with van der Waals surface area (Å²) < 4.78 is 1.58. The molecule has 25 heavy (non-hydrogen) atoms. The maximum atomic E-state index is 13.1. The van der Waals surface area contributed by atoms with E-state index in [1.165, 1.54) is 5.01 Å². The number of carbonyl (C=O) groups excluding carboxylic acids is 1. The van der Waals surface area contributed by atoms with E-state index in [1.54, 1.807) is 22.8 Å². The van der Waals surface area contributed by atoms with Crippen molar-refractivity contribution in [1.29, 1.82) is 0 Å². The number of pyridine rings is 1. The Bertz CT molecular complexity index is 809. The maximum absolute atomic E-state index is 13.1. The Balaban J connectivity index is 2.72. The molecule has 1 amide bonds. The summed E-state index contributed by atoms with van der Waals surface area (Å²) in [7, 11) is 0. The van der Waals surface area contributed by atoms with Gasteiger partial charge in [-0.3, -0.25) is 14.6 Å². The molecule has 1 N–H and O–H groups in total. The lowest BCUT2D eigenvalue weighted by Crippen LogP contribution is -2.48. The first-order valence-electron chi connectivity index (χ1n) is 8.92. The number of aromatic nitrogens is 1. The lowest BCUT2D eigenvalue weighted by molar-refractivity contribution is -0.00154. The van der Waals surface area contributed by atoms with Gasteiger partial charge in [0.25, 0.3) is 11.5 Å². The van der Waals surface area contributed by atoms with Gasteiger partial charge >= 0.3 is 0 Å². The highest BCUT2D eigenvalue weighted by Gasteiger charge is 2.27. The number of hydrazine groups is 1. The quantitative estimate of drug-likeness (QED) is 0.784. The molecule has 0 saturated heterocycles. The van der Waals surface area contributed by atoms with E-state index in [0.29, 0.717) is 37.1 Å². The van der Waals surface area contributed by atoms with Crippen molar-refractivity contribution >= 4 is 16.8 Å². The van der Waals surface area contributed by atoms with Crippen LogP contribution in [0.2, 0.25) is 0 Å². The molecular formula is C19H27N3O3. The smallest absolute Gasteiger partial charge is 0.277 e. The third-order valence-electron chi connectivity index (χ3n) is 4.41. The minimum absolute atomic E-state index is 0.152. The first kappa shape index (κ1) is 19.0. The predicted molar refractivity (Wildman–Crippen MR) is 99.8 cm³/mol. The molecule has 2 rings (SSSR count). The van der Waals surface area contributed by atoms with Gasteiger partial charge in [0.1, 0.15) is 11.3 Å². The van der Waals surface area contributed by atoms with Crippen LogP contribution in [0.4, 0.5) is 0 Å². The van der Waals surface area contributed by atoms with E-state index < -0.39 is 11.5 Å². The van der Waals surface area contributed by atoms with E-state index in [1.807, 2.05) is 38.8 Å². The van der Waals surface area contributed by atoms with Gasteiger partial charge in [-0.1, -0.05) is 32.9 Å². The van der Waals surface area contributed by atoms with Crippen molar-refractivity contribution < 1.29 is 9.90 Å². The highest BCUT2D eigenvalue weighted by Crippen LogP contribution is 2.27. The molecule has 136 valence electrons. The molecule has 0 aliphatic carbocycles. The zero-order chi connectivity index (χ0) is 18.6. The maximum Gasteiger partial charge on any atom is 0.277 e. The first-order chi connectivity index (χ1) is 12.0. The fraction of sp³-hybridized carbons (Fsp3) is 0.474. The Kier molecular flexibility index (Phi) is 6.20. The van der Waals surface area contributed by atoms with Crippen molar-refractivity contribution in [1.82, 2.24) is 14.6 Å². The van der Waals surface area contributed by atoms with E-state index in [2.05, 4.69) is 0 Å². The molecule has 0 fully saturated rings. The molecule has 0 aliphatic rings. The van der Waals surface area contributed by atoms with Gasteiger partial charge in [-0.05, 0) is 25.5 Å². The number of amides is 1. The molecule has 1 aromatic heterocycles. The average Bonchev–Trinajstić information content (AvgIpc) is 2.63. The number of nitrogens with zero attached hydrogens (tertiary/aromatic N) is 3. The van der Waals surface area contributed by atoms with Gasteiger partial charge in [0.2, 0.25) is 0 Å². The molecule has 0 atom stereocenters. The highest BCUT2D eigenvalue weighted by atomic mass is 16.3. The number of hydrogen-bond donors (Lipinski definition) is 1. The largest absolute Gasteiger partial charge is 0.506 e. The van der Waals surface area contributed by atoms with E-state index in [0.717, 1.165) is 6.42 Å². The molecule has 1 aromatic carbocycles. The van der Waals surface area contributed by atoms with E-state index >= 15 is 0 Å². The normalized spacial score (nSPS) is 11.2. The number of rotatable bonds is 7. The average molecular weight is 345 g/mol. The summed E-state index contributed by atoms with van der Waals surface area (Å²) in [5.74, 6) is -0.687. The van der Waals surface area contributed by atoms with Gasteiger partial charge in [0.15, 0.2) is 0 Å². The minimum atomic E-state index is -0.454. The second-order valence-corrected chi connectivity index (χ2v) is 5.86. The van der Waals surface area contributed by atoms with E-state index in [9.17, 15) is 14.7 Å². The lowest BCUT2D eigenvalue weighted by atomic mass is 10.1. The molecule has 0 spiro atoms. The summed E-state index contributed by atoms with van der Waals surface area (Å²) in [6.45, 7) is 9.96. The van der Waals surface area contributed by atoms with Crippen LogP contribution in [0.15, 0.2) is 29.1 Å². The molecule has 0 aliphatic heterocycles. The van der Waals surface area contributed by atoms with Crippen LogP contribution in [0, 0.1) is 0 Å². The van der Waals surface area contributed by atoms with Crippen LogP contribution in [-0.4, -0.2) is 45.2 Å². The molecule has 1 heterocycles. The summed E-state index contributed by atoms with van der Waals surface area (Å²) in [6.07, 6.45) is 0.760. The van der Waals surface area contributed by atoms with Gasteiger partial charge in [-0.15, -0.1) is 0 Å². The molecule has 2 aromatic rings. The zero-order valence-corrected chi connectivity index (χ0v) is 15.5. The van der Waals surface area contributed by atoms with Crippen LogP contribution in [0.1, 0.15) is 44.5 Å². The fourth-order valence-corrected chi connectivity index (χ4v) is 3.19. The van der Waals surface area contributed by atoms with Crippen LogP contribution in [-0.2, 0) is 6.54 Å². The minimum Gasteiger partial charge on any atom is -0.506 e. The van der Waals surface area contributed by atoms with E-state index in [-0.39, 0.29) is 11.3 Å². The SMILES string of the molecule is CCCn1c(=O)c(C(=O)N(CC)N(CC)CC)c(O)c2ccccc21. The Morgan fingerprint density at radius 3 is 2.28 bits per heavy atom. The number of benzene rings is 1. The first-order valence-corrected chi connectivity index (χ1v) is 8.92. The van der Waals surface area contributed by atoms with Crippen molar-refractivity contribution in [2.24, 2.45) is 0 Å². The van der Waals surface area contributed by atoms with Crippen molar-refractivity contribution in [3.05, 3.63) is 40.2 Å². The second-order valence-electron chi connectivity index (χ2n) is 5.86. The molecule has 0 saturated carbocycles. The Morgan fingerprint density at radius 1 is 1.08 bits per heavy atom. The standard InChI is InChI=1S/C19H27N3O3/c1-5-13-21-15-12-10-9-11-14(15)17(23)16(18(21)24)19(25)22(8-4)20(6-2)7-3/h9-12,23H,5-8,13H2,1-4H3. The monoisotopic (exact) mass is 345 g/mol. The Labute approximate surface area is 148 Å². The van der Waals surface area contributed by atoms with Gasteiger partial charge in [0, 0.05) is 31.6 Å². The number of carbonyl (C=O) groups is 1. The third-order valence-corrected chi connectivity index (χ3v) is 4.41. The number of hydrogen-bond acceptors (Lipinski definition) is 4. The number of para-hydroxylation sites is 1. The van der Waals surface area contributed by atoms with Gasteiger partial charge in [-0.25, -0.2) is 5.01 Å². The lowest BCUT2D eigenvalue weighted by Gasteiger charge is -2.32. The number of aromatic hydroxyl groups is 1. The molecule has 0 radical (unpaired) electrons. The molecular weight excluding hydrogens is 318 g/mol. The molecule has 0 unspecified atom stereocenters. The number of fused-ring (bicyclic) bond motifs is 1. The second kappa shape index (κ2) is 8.16. The van der Waals surface area contributed by atoms with Gasteiger partial charge in [0.05, 0.1) is 5.52 Å². The summed E-state index contributed by atoms with van der Waals surface area (Å²) in [4.78, 5) is 26.1. The summed E-state index contributed by atoms with van der Waals surface area (Å²) in [5, 5.41) is 14.6. The van der Waals surface area contributed by atoms with Crippen LogP contribution >= 0.6 is 0 Å². The van der Waals surface area contributed by atoms with Crippen molar-refractivity contribution in [3.8, 4) is 5.75 Å². The molecule has 0 bridgehead atoms. The predicted octanol–water partition coefficient (Wildman–Crippen LogP) is 2.84. The van der Waals surface area contributed by atoms with Crippen LogP contribution in [0.5, 0.6) is 5.75 Å². The van der Waals surface area contributed by atoms with Crippen molar-refractivity contribution in [2.45, 2.75) is 40.7 Å². The molecule has 6 nitrogen and oxygen atoms in total. The Morgan fingerprint density at radius 2 is 1.72 bits per heavy atom. The van der Waals surface area contributed by atoms with Crippen LogP contribution in [0.25, 0.3) is 10.9 Å². The third kappa shape index (κ3) is 3.39. The fourth-order valence-electron chi connectivity index (χ4n) is 3.19. The summed E-state index contributed by atoms with van der Waals surface area (Å²) in [6, 6.07) is 7.14. The highest BCUT2D eigenvalue weighted by molar-refractivity contribution is 6.02. The van der Waals surface area contributed by atoms with Gasteiger partial charge < -0.3 is 9.67 Å². The van der Waals surface area contributed by atoms with Crippen molar-refractivity contribution in [3.63, 3.8) is 0 Å². The topological polar surface area (TPSA) is 65.8 Å². The van der Waals surface area contributed by atoms with Crippen LogP contribution in [0.3, 0.4) is 0 Å². The zero-order valence-electron chi connectivity index (χ0n) is 15.5. The van der Waals surface area contributed by atoms with Crippen LogP contribution < -0.4 is 5.56 Å². The molecule has 6 heteroatoms. The number of aryl methyl sites for hydroxylation is 1. The van der Waals surface area contributed by atoms with Crippen molar-refractivity contribution in [2.75, 3.05) is 19.6 Å².